The fourth-order valence-corrected chi connectivity index (χ4v) is 3.26. The zero-order valence-electron chi connectivity index (χ0n) is 13.4. The Morgan fingerprint density at radius 1 is 1.14 bits per heavy atom. The summed E-state index contributed by atoms with van der Waals surface area (Å²) in [6, 6.07) is 5.76. The lowest BCUT2D eigenvalue weighted by Crippen LogP contribution is -2.35. The number of benzene rings is 1. The number of carbonyl (C=O) groups is 2. The normalized spacial score (nSPS) is 17.5. The first-order valence-corrected chi connectivity index (χ1v) is 8.04. The summed E-state index contributed by atoms with van der Waals surface area (Å²) in [6.45, 7) is 3.96. The number of nitrogens with one attached hydrogen (secondary N) is 1. The van der Waals surface area contributed by atoms with Crippen molar-refractivity contribution >= 4 is 17.6 Å². The summed E-state index contributed by atoms with van der Waals surface area (Å²) in [6.07, 6.45) is 5.17. The maximum atomic E-state index is 12.4. The lowest BCUT2D eigenvalue weighted by atomic mass is 9.77. The van der Waals surface area contributed by atoms with Crippen LogP contribution < -0.4 is 5.32 Å². The highest BCUT2D eigenvalue weighted by Gasteiger charge is 2.40. The van der Waals surface area contributed by atoms with E-state index in [1.165, 1.54) is 0 Å². The summed E-state index contributed by atoms with van der Waals surface area (Å²) >= 11 is 0. The lowest BCUT2D eigenvalue weighted by Gasteiger charge is -2.27. The van der Waals surface area contributed by atoms with Gasteiger partial charge in [-0.1, -0.05) is 37.8 Å². The van der Waals surface area contributed by atoms with Crippen LogP contribution in [0.5, 0.6) is 0 Å². The molecule has 120 valence electrons. The van der Waals surface area contributed by atoms with Crippen LogP contribution in [0.3, 0.4) is 0 Å². The number of amides is 1. The minimum Gasteiger partial charge on any atom is -0.481 e. The van der Waals surface area contributed by atoms with Gasteiger partial charge in [0.2, 0.25) is 5.91 Å². The van der Waals surface area contributed by atoms with E-state index in [2.05, 4.69) is 5.32 Å². The van der Waals surface area contributed by atoms with Gasteiger partial charge in [-0.05, 0) is 43.9 Å². The van der Waals surface area contributed by atoms with Crippen molar-refractivity contribution in [2.75, 3.05) is 5.32 Å². The van der Waals surface area contributed by atoms with Crippen LogP contribution in [0.4, 0.5) is 5.69 Å². The monoisotopic (exact) mass is 303 g/mol. The van der Waals surface area contributed by atoms with Gasteiger partial charge in [-0.3, -0.25) is 9.59 Å². The summed E-state index contributed by atoms with van der Waals surface area (Å²) < 4.78 is 0. The zero-order valence-corrected chi connectivity index (χ0v) is 13.4. The van der Waals surface area contributed by atoms with Crippen LogP contribution in [-0.4, -0.2) is 17.0 Å². The Morgan fingerprint density at radius 2 is 1.77 bits per heavy atom. The molecule has 1 fully saturated rings. The van der Waals surface area contributed by atoms with E-state index < -0.39 is 11.4 Å². The van der Waals surface area contributed by atoms with Gasteiger partial charge in [-0.2, -0.15) is 0 Å². The van der Waals surface area contributed by atoms with Crippen LogP contribution in [0.15, 0.2) is 18.2 Å². The van der Waals surface area contributed by atoms with Crippen LogP contribution in [0.2, 0.25) is 0 Å². The SMILES string of the molecule is Cc1cccc(NC(=O)CC2(C(=O)O)CCCCCC2)c1C. The molecular formula is C18H25NO3. The average Bonchev–Trinajstić information content (AvgIpc) is 2.70. The Balaban J connectivity index is 2.11. The molecular weight excluding hydrogens is 278 g/mol. The largest absolute Gasteiger partial charge is 0.481 e. The van der Waals surface area contributed by atoms with E-state index in [1.54, 1.807) is 0 Å². The summed E-state index contributed by atoms with van der Waals surface area (Å²) in [7, 11) is 0. The zero-order chi connectivity index (χ0) is 16.2. The molecule has 1 aromatic carbocycles. The van der Waals surface area contributed by atoms with E-state index in [0.717, 1.165) is 42.5 Å². The maximum absolute atomic E-state index is 12.4. The summed E-state index contributed by atoms with van der Waals surface area (Å²) in [5.74, 6) is -1.02. The molecule has 0 saturated heterocycles. The Hall–Kier alpha value is -1.84. The van der Waals surface area contributed by atoms with Gasteiger partial charge in [-0.15, -0.1) is 0 Å². The molecule has 0 spiro atoms. The molecule has 4 nitrogen and oxygen atoms in total. The molecule has 4 heteroatoms. The van der Waals surface area contributed by atoms with Gasteiger partial charge in [-0.25, -0.2) is 0 Å². The number of carboxylic acid groups (broad SMARTS) is 1. The Labute approximate surface area is 131 Å². The summed E-state index contributed by atoms with van der Waals surface area (Å²) in [4.78, 5) is 24.1. The van der Waals surface area contributed by atoms with Gasteiger partial charge < -0.3 is 10.4 Å². The summed E-state index contributed by atoms with van der Waals surface area (Å²) in [5.41, 5.74) is 2.03. The van der Waals surface area contributed by atoms with E-state index >= 15 is 0 Å². The second kappa shape index (κ2) is 6.95. The predicted octanol–water partition coefficient (Wildman–Crippen LogP) is 4.06. The molecule has 2 N–H and O–H groups in total. The molecule has 0 bridgehead atoms. The third-order valence-electron chi connectivity index (χ3n) is 4.89. The van der Waals surface area contributed by atoms with Crippen molar-refractivity contribution in [3.8, 4) is 0 Å². The van der Waals surface area contributed by atoms with Gasteiger partial charge >= 0.3 is 5.97 Å². The first kappa shape index (κ1) is 16.5. The van der Waals surface area contributed by atoms with Crippen molar-refractivity contribution in [1.29, 1.82) is 0 Å². The standard InChI is InChI=1S/C18H25NO3/c1-13-8-7-9-15(14(13)2)19-16(20)12-18(17(21)22)10-5-3-4-6-11-18/h7-9H,3-6,10-12H2,1-2H3,(H,19,20)(H,21,22). The van der Waals surface area contributed by atoms with E-state index in [4.69, 9.17) is 0 Å². The van der Waals surface area contributed by atoms with Crippen molar-refractivity contribution < 1.29 is 14.7 Å². The minimum absolute atomic E-state index is 0.0652. The van der Waals surface area contributed by atoms with Gasteiger partial charge in [0.15, 0.2) is 0 Å². The molecule has 0 radical (unpaired) electrons. The molecule has 0 aliphatic heterocycles. The number of hydrogen-bond donors (Lipinski definition) is 2. The molecule has 1 amide bonds. The quantitative estimate of drug-likeness (QED) is 0.824. The molecule has 1 saturated carbocycles. The Kier molecular flexibility index (Phi) is 5.22. The fourth-order valence-electron chi connectivity index (χ4n) is 3.26. The van der Waals surface area contributed by atoms with Crippen LogP contribution in [0.1, 0.15) is 56.1 Å². The third kappa shape index (κ3) is 3.67. The molecule has 1 aliphatic carbocycles. The number of carboxylic acids is 1. The molecule has 0 heterocycles. The number of hydrogen-bond acceptors (Lipinski definition) is 2. The number of anilines is 1. The van der Waals surface area contributed by atoms with E-state index in [0.29, 0.717) is 12.8 Å². The summed E-state index contributed by atoms with van der Waals surface area (Å²) in [5, 5.41) is 12.5. The highest BCUT2D eigenvalue weighted by atomic mass is 16.4. The number of aliphatic carboxylic acids is 1. The first-order chi connectivity index (χ1) is 10.4. The second-order valence-electron chi connectivity index (χ2n) is 6.47. The van der Waals surface area contributed by atoms with E-state index in [-0.39, 0.29) is 12.3 Å². The maximum Gasteiger partial charge on any atom is 0.310 e. The Morgan fingerprint density at radius 3 is 2.36 bits per heavy atom. The molecule has 0 aromatic heterocycles. The first-order valence-electron chi connectivity index (χ1n) is 8.04. The van der Waals surface area contributed by atoms with Gasteiger partial charge in [0.1, 0.15) is 0 Å². The Bertz CT molecular complexity index is 557. The second-order valence-corrected chi connectivity index (χ2v) is 6.47. The van der Waals surface area contributed by atoms with Crippen molar-refractivity contribution in [3.63, 3.8) is 0 Å². The molecule has 0 unspecified atom stereocenters. The highest BCUT2D eigenvalue weighted by Crippen LogP contribution is 2.38. The minimum atomic E-state index is -0.891. The molecule has 22 heavy (non-hydrogen) atoms. The van der Waals surface area contributed by atoms with Gasteiger partial charge in [0.25, 0.3) is 0 Å². The van der Waals surface area contributed by atoms with Crippen molar-refractivity contribution in [3.05, 3.63) is 29.3 Å². The number of aryl methyl sites for hydroxylation is 1. The van der Waals surface area contributed by atoms with E-state index in [1.807, 2.05) is 32.0 Å². The van der Waals surface area contributed by atoms with Crippen molar-refractivity contribution in [2.45, 2.75) is 58.8 Å². The average molecular weight is 303 g/mol. The van der Waals surface area contributed by atoms with Crippen LogP contribution in [0, 0.1) is 19.3 Å². The van der Waals surface area contributed by atoms with Gasteiger partial charge in [0.05, 0.1) is 5.41 Å². The van der Waals surface area contributed by atoms with Gasteiger partial charge in [0, 0.05) is 12.1 Å². The van der Waals surface area contributed by atoms with Crippen molar-refractivity contribution in [1.82, 2.24) is 0 Å². The topological polar surface area (TPSA) is 66.4 Å². The molecule has 1 aromatic rings. The highest BCUT2D eigenvalue weighted by molar-refractivity contribution is 5.95. The van der Waals surface area contributed by atoms with Crippen LogP contribution in [0.25, 0.3) is 0 Å². The number of rotatable bonds is 4. The molecule has 2 rings (SSSR count). The molecule has 0 atom stereocenters. The number of carbonyl (C=O) groups excluding carboxylic acids is 1. The van der Waals surface area contributed by atoms with Crippen molar-refractivity contribution in [2.24, 2.45) is 5.41 Å². The third-order valence-corrected chi connectivity index (χ3v) is 4.89. The smallest absolute Gasteiger partial charge is 0.310 e. The van der Waals surface area contributed by atoms with Crippen LogP contribution >= 0.6 is 0 Å². The van der Waals surface area contributed by atoms with E-state index in [9.17, 15) is 14.7 Å². The predicted molar refractivity (Wildman–Crippen MR) is 86.9 cm³/mol. The van der Waals surface area contributed by atoms with Crippen LogP contribution in [-0.2, 0) is 9.59 Å². The molecule has 1 aliphatic rings. The lowest BCUT2D eigenvalue weighted by molar-refractivity contribution is -0.152. The fraction of sp³-hybridized carbons (Fsp3) is 0.556.